The zero-order valence-electron chi connectivity index (χ0n) is 15.5. The van der Waals surface area contributed by atoms with Crippen molar-refractivity contribution in [3.63, 3.8) is 0 Å². The molecule has 0 bridgehead atoms. The van der Waals surface area contributed by atoms with Gasteiger partial charge in [0.2, 0.25) is 0 Å². The predicted octanol–water partition coefficient (Wildman–Crippen LogP) is 5.09. The molecule has 1 saturated carbocycles. The number of hydrogen-bond acceptors (Lipinski definition) is 1. The van der Waals surface area contributed by atoms with Crippen molar-refractivity contribution in [2.45, 2.75) is 39.7 Å². The lowest BCUT2D eigenvalue weighted by Crippen LogP contribution is -2.03. The summed E-state index contributed by atoms with van der Waals surface area (Å²) in [6.45, 7) is 8.82. The second-order valence-electron chi connectivity index (χ2n) is 8.07. The molecule has 0 saturated heterocycles. The van der Waals surface area contributed by atoms with Gasteiger partial charge in [-0.25, -0.2) is 0 Å². The van der Waals surface area contributed by atoms with Crippen LogP contribution in [0.15, 0.2) is 54.6 Å². The molecule has 1 aliphatic carbocycles. The van der Waals surface area contributed by atoms with Gasteiger partial charge in [0.05, 0.1) is 0 Å². The Labute approximate surface area is 150 Å². The molecule has 1 aromatic heterocycles. The summed E-state index contributed by atoms with van der Waals surface area (Å²) >= 11 is 0. The highest BCUT2D eigenvalue weighted by Crippen LogP contribution is 2.67. The smallest absolute Gasteiger partial charge is 0.0488 e. The molecule has 0 spiro atoms. The van der Waals surface area contributed by atoms with Gasteiger partial charge >= 0.3 is 0 Å². The minimum absolute atomic E-state index is 0.353. The number of nitrogens with two attached hydrogens (primary N) is 1. The van der Waals surface area contributed by atoms with Crippen LogP contribution in [0.5, 0.6) is 0 Å². The average molecular weight is 332 g/mol. The molecule has 0 radical (unpaired) electrons. The van der Waals surface area contributed by atoms with Crippen molar-refractivity contribution in [3.8, 4) is 0 Å². The van der Waals surface area contributed by atoms with Crippen LogP contribution in [0.3, 0.4) is 0 Å². The van der Waals surface area contributed by atoms with Gasteiger partial charge in [-0.15, -0.1) is 0 Å². The van der Waals surface area contributed by atoms with Gasteiger partial charge in [-0.1, -0.05) is 62.4 Å². The van der Waals surface area contributed by atoms with Crippen LogP contribution in [-0.4, -0.2) is 11.1 Å². The highest BCUT2D eigenvalue weighted by molar-refractivity contribution is 5.87. The predicted molar refractivity (Wildman–Crippen MR) is 106 cm³/mol. The fourth-order valence-electron chi connectivity index (χ4n) is 4.86. The van der Waals surface area contributed by atoms with Crippen molar-refractivity contribution >= 4 is 10.9 Å². The molecule has 0 amide bonds. The number of nitrogens with zero attached hydrogens (tertiary/aromatic N) is 1. The molecule has 1 aliphatic rings. The van der Waals surface area contributed by atoms with Crippen LogP contribution in [0, 0.1) is 18.3 Å². The van der Waals surface area contributed by atoms with Gasteiger partial charge < -0.3 is 10.3 Å². The first kappa shape index (κ1) is 16.4. The summed E-state index contributed by atoms with van der Waals surface area (Å²) in [5, 5.41) is 1.42. The molecule has 1 heterocycles. The van der Waals surface area contributed by atoms with E-state index in [0.717, 1.165) is 19.5 Å². The van der Waals surface area contributed by atoms with E-state index in [1.807, 2.05) is 0 Å². The molecule has 130 valence electrons. The monoisotopic (exact) mass is 332 g/mol. The molecule has 2 atom stereocenters. The number of rotatable bonds is 5. The Morgan fingerprint density at radius 3 is 2.40 bits per heavy atom. The Balaban J connectivity index is 1.82. The molecule has 0 aliphatic heterocycles. The van der Waals surface area contributed by atoms with Crippen LogP contribution in [0.25, 0.3) is 10.9 Å². The molecule has 2 N–H and O–H groups in total. The van der Waals surface area contributed by atoms with Crippen LogP contribution in [0.2, 0.25) is 0 Å². The van der Waals surface area contributed by atoms with Gasteiger partial charge in [0.25, 0.3) is 0 Å². The molecule has 25 heavy (non-hydrogen) atoms. The normalized spacial score (nSPS) is 21.6. The maximum atomic E-state index is 5.88. The van der Waals surface area contributed by atoms with Crippen LogP contribution < -0.4 is 5.73 Å². The number of aromatic nitrogens is 1. The molecule has 2 heteroatoms. The van der Waals surface area contributed by atoms with Gasteiger partial charge in [-0.2, -0.15) is 0 Å². The third-order valence-electron chi connectivity index (χ3n) is 6.30. The highest BCUT2D eigenvalue weighted by Gasteiger charge is 2.58. The Morgan fingerprint density at radius 2 is 1.68 bits per heavy atom. The van der Waals surface area contributed by atoms with Gasteiger partial charge in [-0.05, 0) is 54.3 Å². The number of hydrogen-bond donors (Lipinski definition) is 1. The second kappa shape index (κ2) is 6.03. The van der Waals surface area contributed by atoms with Crippen LogP contribution in [-0.2, 0) is 6.54 Å². The second-order valence-corrected chi connectivity index (χ2v) is 8.07. The molecule has 1 fully saturated rings. The number of para-hydroxylation sites is 1. The summed E-state index contributed by atoms with van der Waals surface area (Å²) < 4.78 is 2.49. The van der Waals surface area contributed by atoms with Crippen molar-refractivity contribution in [1.82, 2.24) is 4.57 Å². The maximum Gasteiger partial charge on any atom is 0.0488 e. The largest absolute Gasteiger partial charge is 0.340 e. The fraction of sp³-hybridized carbons (Fsp3) is 0.391. The van der Waals surface area contributed by atoms with Crippen molar-refractivity contribution in [2.24, 2.45) is 17.1 Å². The van der Waals surface area contributed by atoms with Crippen LogP contribution in [0.1, 0.15) is 43.0 Å². The van der Waals surface area contributed by atoms with Crippen molar-refractivity contribution in [2.75, 3.05) is 6.54 Å². The Kier molecular flexibility index (Phi) is 3.96. The lowest BCUT2D eigenvalue weighted by atomic mass is 10.0. The standard InChI is InChI=1S/C23H28N2/c1-16-21(22-19(13-14-24)23(22,2)3)18-11-7-8-12-20(18)25(16)15-17-9-5-4-6-10-17/h4-12,19,22H,13-15,24H2,1-3H3/t19-,22-/m1/s1. The van der Waals surface area contributed by atoms with E-state index in [1.165, 1.54) is 22.2 Å². The average Bonchev–Trinajstić information content (AvgIpc) is 3.02. The summed E-state index contributed by atoms with van der Waals surface area (Å²) in [5.41, 5.74) is 11.9. The Morgan fingerprint density at radius 1 is 1.00 bits per heavy atom. The van der Waals surface area contributed by atoms with Gasteiger partial charge in [0, 0.05) is 23.1 Å². The minimum Gasteiger partial charge on any atom is -0.340 e. The summed E-state index contributed by atoms with van der Waals surface area (Å²) in [5.74, 6) is 1.32. The third-order valence-corrected chi connectivity index (χ3v) is 6.30. The van der Waals surface area contributed by atoms with Crippen molar-refractivity contribution < 1.29 is 0 Å². The quantitative estimate of drug-likeness (QED) is 0.693. The zero-order valence-corrected chi connectivity index (χ0v) is 15.5. The van der Waals surface area contributed by atoms with E-state index in [0.29, 0.717) is 17.3 Å². The molecule has 0 unspecified atom stereocenters. The lowest BCUT2D eigenvalue weighted by Gasteiger charge is -2.09. The first-order valence-corrected chi connectivity index (χ1v) is 9.37. The summed E-state index contributed by atoms with van der Waals surface area (Å²) in [4.78, 5) is 0. The van der Waals surface area contributed by atoms with E-state index in [9.17, 15) is 0 Å². The summed E-state index contributed by atoms with van der Waals surface area (Å²) in [6, 6.07) is 19.7. The molecular formula is C23H28N2. The van der Waals surface area contributed by atoms with E-state index >= 15 is 0 Å². The van der Waals surface area contributed by atoms with E-state index in [4.69, 9.17) is 5.73 Å². The summed E-state index contributed by atoms with van der Waals surface area (Å²) in [6.07, 6.45) is 1.12. The van der Waals surface area contributed by atoms with E-state index < -0.39 is 0 Å². The minimum atomic E-state index is 0.353. The first-order valence-electron chi connectivity index (χ1n) is 9.37. The molecule has 2 aromatic carbocycles. The molecular weight excluding hydrogens is 304 g/mol. The van der Waals surface area contributed by atoms with E-state index in [1.54, 1.807) is 5.56 Å². The Bertz CT molecular complexity index is 889. The molecule has 2 nitrogen and oxygen atoms in total. The SMILES string of the molecule is Cc1c([C@H]2[C@@H](CCN)C2(C)C)c2ccccc2n1Cc1ccccc1. The maximum absolute atomic E-state index is 5.88. The molecule has 3 aromatic rings. The zero-order chi connectivity index (χ0) is 17.6. The van der Waals surface area contributed by atoms with Gasteiger partial charge in [-0.3, -0.25) is 0 Å². The summed E-state index contributed by atoms with van der Waals surface area (Å²) in [7, 11) is 0. The molecule has 4 rings (SSSR count). The van der Waals surface area contributed by atoms with Crippen LogP contribution in [0.4, 0.5) is 0 Å². The number of fused-ring (bicyclic) bond motifs is 1. The first-order chi connectivity index (χ1) is 12.1. The van der Waals surface area contributed by atoms with E-state index in [2.05, 4.69) is 79.9 Å². The van der Waals surface area contributed by atoms with Crippen molar-refractivity contribution in [3.05, 3.63) is 71.4 Å². The fourth-order valence-corrected chi connectivity index (χ4v) is 4.86. The van der Waals surface area contributed by atoms with Gasteiger partial charge in [0.1, 0.15) is 0 Å². The lowest BCUT2D eigenvalue weighted by molar-refractivity contribution is 0.534. The Hall–Kier alpha value is -2.06. The third kappa shape index (κ3) is 2.60. The van der Waals surface area contributed by atoms with Crippen LogP contribution >= 0.6 is 0 Å². The topological polar surface area (TPSA) is 30.9 Å². The number of benzene rings is 2. The van der Waals surface area contributed by atoms with E-state index in [-0.39, 0.29) is 0 Å². The van der Waals surface area contributed by atoms with Gasteiger partial charge in [0.15, 0.2) is 0 Å². The highest BCUT2D eigenvalue weighted by atomic mass is 15.0. The van der Waals surface area contributed by atoms with Crippen molar-refractivity contribution in [1.29, 1.82) is 0 Å².